The fourth-order valence-electron chi connectivity index (χ4n) is 3.09. The third-order valence-electron chi connectivity index (χ3n) is 4.58. The Kier molecular flexibility index (Phi) is 4.46. The lowest BCUT2D eigenvalue weighted by molar-refractivity contribution is 0.571. The van der Waals surface area contributed by atoms with Crippen LogP contribution >= 0.6 is 0 Å². The summed E-state index contributed by atoms with van der Waals surface area (Å²) in [6.45, 7) is 2.48. The molecule has 4 N–H and O–H groups in total. The van der Waals surface area contributed by atoms with Crippen LogP contribution in [0.25, 0.3) is 11.0 Å². The van der Waals surface area contributed by atoms with Gasteiger partial charge >= 0.3 is 0 Å². The second-order valence-electron chi connectivity index (χ2n) is 6.60. The molecule has 0 radical (unpaired) electrons. The lowest BCUT2D eigenvalue weighted by atomic mass is 10.1. The molecular weight excluding hydrogens is 341 g/mol. The van der Waals surface area contributed by atoms with Crippen LogP contribution < -0.4 is 11.1 Å². The summed E-state index contributed by atoms with van der Waals surface area (Å²) in [7, 11) is 0. The Labute approximate surface area is 156 Å². The van der Waals surface area contributed by atoms with E-state index in [1.807, 2.05) is 43.6 Å². The Morgan fingerprint density at radius 1 is 1.11 bits per heavy atom. The predicted octanol–water partition coefficient (Wildman–Crippen LogP) is 4.19. The highest BCUT2D eigenvalue weighted by molar-refractivity contribution is 5.80. The number of nitrogens with one attached hydrogen (secondary N) is 2. The summed E-state index contributed by atoms with van der Waals surface area (Å²) in [5.74, 6) is 0.00642. The first-order valence-electron chi connectivity index (χ1n) is 8.75. The number of halogens is 1. The molecule has 0 bridgehead atoms. The number of nitrogen functional groups attached to an aromatic ring is 1. The molecule has 1 aromatic carbocycles. The first kappa shape index (κ1) is 17.0. The number of benzene rings is 1. The number of aromatic nitrogens is 3. The van der Waals surface area contributed by atoms with Crippen LogP contribution in [-0.4, -0.2) is 15.0 Å². The zero-order valence-corrected chi connectivity index (χ0v) is 15.0. The average molecular weight is 361 g/mol. The molecule has 136 valence electrons. The number of aromatic amines is 1. The standard InChI is InChI=1S/C21H20FN5/c1-13-8-17-16(12-26-21(17)25-10-13)9-14-6-7-19(27-20(14)22)24-11-15-4-2-3-5-18(15)23/h2-8,10,12H,9,11,23H2,1H3,(H,24,27)(H,25,26). The van der Waals surface area contributed by atoms with Crippen LogP contribution in [0.2, 0.25) is 0 Å². The molecule has 27 heavy (non-hydrogen) atoms. The molecule has 3 aromatic heterocycles. The predicted molar refractivity (Wildman–Crippen MR) is 106 cm³/mol. The summed E-state index contributed by atoms with van der Waals surface area (Å²) in [4.78, 5) is 11.5. The molecule has 3 heterocycles. The largest absolute Gasteiger partial charge is 0.398 e. The van der Waals surface area contributed by atoms with Crippen molar-refractivity contribution in [2.45, 2.75) is 19.9 Å². The molecule has 0 amide bonds. The molecule has 0 aliphatic heterocycles. The van der Waals surface area contributed by atoms with Crippen LogP contribution in [0.5, 0.6) is 0 Å². The van der Waals surface area contributed by atoms with Crippen LogP contribution in [0, 0.1) is 12.9 Å². The molecular formula is C21H20FN5. The van der Waals surface area contributed by atoms with E-state index in [-0.39, 0.29) is 0 Å². The van der Waals surface area contributed by atoms with Crippen LogP contribution in [0.15, 0.2) is 54.9 Å². The lowest BCUT2D eigenvalue weighted by Gasteiger charge is -2.09. The molecule has 5 nitrogen and oxygen atoms in total. The Hall–Kier alpha value is -3.41. The number of hydrogen-bond donors (Lipinski definition) is 3. The number of pyridine rings is 2. The van der Waals surface area contributed by atoms with E-state index in [9.17, 15) is 4.39 Å². The van der Waals surface area contributed by atoms with Crippen LogP contribution in [-0.2, 0) is 13.0 Å². The van der Waals surface area contributed by atoms with Gasteiger partial charge < -0.3 is 16.0 Å². The van der Waals surface area contributed by atoms with Crippen molar-refractivity contribution in [2.24, 2.45) is 0 Å². The molecule has 4 aromatic rings. The third-order valence-corrected chi connectivity index (χ3v) is 4.58. The van der Waals surface area contributed by atoms with Crippen molar-refractivity contribution in [1.82, 2.24) is 15.0 Å². The molecule has 0 aliphatic carbocycles. The molecule has 4 rings (SSSR count). The monoisotopic (exact) mass is 361 g/mol. The molecule has 0 saturated carbocycles. The van der Waals surface area contributed by atoms with E-state index in [0.29, 0.717) is 30.0 Å². The van der Waals surface area contributed by atoms with Crippen molar-refractivity contribution < 1.29 is 4.39 Å². The van der Waals surface area contributed by atoms with Gasteiger partial charge in [0.15, 0.2) is 0 Å². The van der Waals surface area contributed by atoms with Gasteiger partial charge in [-0.25, -0.2) is 9.97 Å². The van der Waals surface area contributed by atoms with Crippen LogP contribution in [0.4, 0.5) is 15.9 Å². The first-order valence-corrected chi connectivity index (χ1v) is 8.75. The summed E-state index contributed by atoms with van der Waals surface area (Å²) < 4.78 is 14.5. The van der Waals surface area contributed by atoms with E-state index in [4.69, 9.17) is 5.73 Å². The number of anilines is 2. The molecule has 0 atom stereocenters. The van der Waals surface area contributed by atoms with E-state index < -0.39 is 5.95 Å². The zero-order valence-electron chi connectivity index (χ0n) is 15.0. The lowest BCUT2D eigenvalue weighted by Crippen LogP contribution is -2.06. The van der Waals surface area contributed by atoms with Crippen molar-refractivity contribution >= 4 is 22.5 Å². The van der Waals surface area contributed by atoms with Gasteiger partial charge in [0.1, 0.15) is 11.5 Å². The fraction of sp³-hybridized carbons (Fsp3) is 0.143. The summed E-state index contributed by atoms with van der Waals surface area (Å²) >= 11 is 0. The number of H-pyrrole nitrogens is 1. The normalized spacial score (nSPS) is 11.0. The van der Waals surface area contributed by atoms with Crippen LogP contribution in [0.1, 0.15) is 22.3 Å². The van der Waals surface area contributed by atoms with Gasteiger partial charge in [0, 0.05) is 42.0 Å². The number of fused-ring (bicyclic) bond motifs is 1. The smallest absolute Gasteiger partial charge is 0.218 e. The zero-order chi connectivity index (χ0) is 18.8. The maximum Gasteiger partial charge on any atom is 0.218 e. The van der Waals surface area contributed by atoms with Crippen LogP contribution in [0.3, 0.4) is 0 Å². The third kappa shape index (κ3) is 3.60. The molecule has 0 spiro atoms. The SMILES string of the molecule is Cc1cnc2[nH]cc(Cc3ccc(NCc4ccccc4N)nc3F)c2c1. The number of rotatable bonds is 5. The topological polar surface area (TPSA) is 79.6 Å². The van der Waals surface area contributed by atoms with Gasteiger partial charge in [-0.15, -0.1) is 0 Å². The summed E-state index contributed by atoms with van der Waals surface area (Å²) in [6.07, 6.45) is 4.14. The van der Waals surface area contributed by atoms with Crippen molar-refractivity contribution in [1.29, 1.82) is 0 Å². The van der Waals surface area contributed by atoms with E-state index in [0.717, 1.165) is 27.7 Å². The van der Waals surface area contributed by atoms with Crippen molar-refractivity contribution in [3.8, 4) is 0 Å². The Bertz CT molecular complexity index is 1100. The molecule has 0 unspecified atom stereocenters. The highest BCUT2D eigenvalue weighted by Gasteiger charge is 2.11. The van der Waals surface area contributed by atoms with Gasteiger partial charge in [0.2, 0.25) is 5.95 Å². The van der Waals surface area contributed by atoms with Crippen molar-refractivity contribution in [2.75, 3.05) is 11.1 Å². The average Bonchev–Trinajstić information content (AvgIpc) is 3.05. The fourth-order valence-corrected chi connectivity index (χ4v) is 3.09. The minimum atomic E-state index is -0.476. The van der Waals surface area contributed by atoms with Gasteiger partial charge in [-0.05, 0) is 41.8 Å². The van der Waals surface area contributed by atoms with Gasteiger partial charge in [-0.3, -0.25) is 0 Å². The van der Waals surface area contributed by atoms with Gasteiger partial charge in [0.25, 0.3) is 0 Å². The molecule has 0 saturated heterocycles. The Balaban J connectivity index is 1.51. The molecule has 6 heteroatoms. The number of para-hydroxylation sites is 1. The molecule has 0 fully saturated rings. The van der Waals surface area contributed by atoms with Gasteiger partial charge in [-0.1, -0.05) is 24.3 Å². The Morgan fingerprint density at radius 3 is 2.78 bits per heavy atom. The minimum absolute atomic E-state index is 0.454. The highest BCUT2D eigenvalue weighted by atomic mass is 19.1. The second-order valence-corrected chi connectivity index (χ2v) is 6.60. The molecule has 0 aliphatic rings. The summed E-state index contributed by atoms with van der Waals surface area (Å²) in [6, 6.07) is 13.2. The van der Waals surface area contributed by atoms with E-state index in [2.05, 4.69) is 26.3 Å². The minimum Gasteiger partial charge on any atom is -0.398 e. The number of nitrogens with zero attached hydrogens (tertiary/aromatic N) is 2. The summed E-state index contributed by atoms with van der Waals surface area (Å²) in [5, 5.41) is 4.13. The van der Waals surface area contributed by atoms with Crippen molar-refractivity contribution in [3.63, 3.8) is 0 Å². The highest BCUT2D eigenvalue weighted by Crippen LogP contribution is 2.22. The van der Waals surface area contributed by atoms with E-state index >= 15 is 0 Å². The first-order chi connectivity index (χ1) is 13.1. The maximum atomic E-state index is 14.5. The number of nitrogens with two attached hydrogens (primary N) is 1. The second kappa shape index (κ2) is 7.07. The number of hydrogen-bond acceptors (Lipinski definition) is 4. The van der Waals surface area contributed by atoms with Gasteiger partial charge in [-0.2, -0.15) is 4.39 Å². The van der Waals surface area contributed by atoms with Crippen molar-refractivity contribution in [3.05, 3.63) is 83.1 Å². The quantitative estimate of drug-likeness (QED) is 0.368. The maximum absolute atomic E-state index is 14.5. The number of aryl methyl sites for hydroxylation is 1. The summed E-state index contributed by atoms with van der Waals surface area (Å²) in [5.41, 5.74) is 11.0. The van der Waals surface area contributed by atoms with E-state index in [1.165, 1.54) is 0 Å². The Morgan fingerprint density at radius 2 is 1.96 bits per heavy atom. The van der Waals surface area contributed by atoms with Gasteiger partial charge in [0.05, 0.1) is 0 Å². The van der Waals surface area contributed by atoms with E-state index in [1.54, 1.807) is 12.1 Å².